The van der Waals surface area contributed by atoms with Gasteiger partial charge in [-0.05, 0) is 0 Å². The van der Waals surface area contributed by atoms with Gasteiger partial charge >= 0.3 is 5.92 Å². The fourth-order valence-corrected chi connectivity index (χ4v) is 0.765. The topological polar surface area (TPSA) is 40.1 Å². The third-order valence-corrected chi connectivity index (χ3v) is 1.39. The van der Waals surface area contributed by atoms with Crippen molar-refractivity contribution in [1.29, 1.82) is 0 Å². The Bertz CT molecular complexity index is 282. The SMILES string of the molecule is O=C([O-])C(F)(F)c1ccccc1. The predicted molar refractivity (Wildman–Crippen MR) is 35.3 cm³/mol. The Labute approximate surface area is 67.4 Å². The summed E-state index contributed by atoms with van der Waals surface area (Å²) in [5, 5.41) is 9.96. The van der Waals surface area contributed by atoms with Crippen LogP contribution in [0.4, 0.5) is 8.78 Å². The van der Waals surface area contributed by atoms with E-state index >= 15 is 0 Å². The van der Waals surface area contributed by atoms with Gasteiger partial charge in [-0.15, -0.1) is 0 Å². The highest BCUT2D eigenvalue weighted by Gasteiger charge is 2.32. The molecule has 1 aromatic rings. The van der Waals surface area contributed by atoms with E-state index in [1.165, 1.54) is 18.2 Å². The van der Waals surface area contributed by atoms with Crippen molar-refractivity contribution in [3.63, 3.8) is 0 Å². The lowest BCUT2D eigenvalue weighted by Gasteiger charge is -2.16. The predicted octanol–water partition coefficient (Wildman–Crippen LogP) is 0.528. The van der Waals surface area contributed by atoms with Crippen LogP contribution in [0.3, 0.4) is 0 Å². The zero-order chi connectivity index (χ0) is 9.19. The zero-order valence-corrected chi connectivity index (χ0v) is 5.96. The maximum absolute atomic E-state index is 12.6. The minimum atomic E-state index is -3.90. The minimum absolute atomic E-state index is 0.565. The van der Waals surface area contributed by atoms with Gasteiger partial charge in [0.1, 0.15) is 5.97 Å². The highest BCUT2D eigenvalue weighted by atomic mass is 19.3. The summed E-state index contributed by atoms with van der Waals surface area (Å²) in [6.07, 6.45) is 0. The van der Waals surface area contributed by atoms with Gasteiger partial charge in [0.25, 0.3) is 0 Å². The quantitative estimate of drug-likeness (QED) is 0.651. The van der Waals surface area contributed by atoms with Crippen LogP contribution in [0, 0.1) is 0 Å². The number of hydrogen-bond donors (Lipinski definition) is 0. The minimum Gasteiger partial charge on any atom is -0.544 e. The van der Waals surface area contributed by atoms with Gasteiger partial charge in [-0.2, -0.15) is 8.78 Å². The van der Waals surface area contributed by atoms with Gasteiger partial charge in [0.2, 0.25) is 0 Å². The number of carboxylic acid groups (broad SMARTS) is 1. The molecular formula is C8H5F2O2-. The van der Waals surface area contributed by atoms with E-state index in [0.29, 0.717) is 0 Å². The number of rotatable bonds is 2. The molecule has 0 aliphatic heterocycles. The maximum atomic E-state index is 12.6. The number of benzene rings is 1. The van der Waals surface area contributed by atoms with Crippen LogP contribution in [0.2, 0.25) is 0 Å². The maximum Gasteiger partial charge on any atom is 0.312 e. The molecule has 4 heteroatoms. The zero-order valence-electron chi connectivity index (χ0n) is 5.96. The Balaban J connectivity index is 3.06. The Morgan fingerprint density at radius 3 is 2.17 bits per heavy atom. The number of hydrogen-bond acceptors (Lipinski definition) is 2. The third kappa shape index (κ3) is 1.42. The van der Waals surface area contributed by atoms with Crippen molar-refractivity contribution < 1.29 is 18.7 Å². The molecule has 1 aromatic carbocycles. The number of carbonyl (C=O) groups excluding carboxylic acids is 1. The van der Waals surface area contributed by atoms with Crippen LogP contribution in [-0.2, 0) is 10.7 Å². The van der Waals surface area contributed by atoms with Gasteiger partial charge in [-0.1, -0.05) is 30.3 Å². The lowest BCUT2D eigenvalue weighted by Crippen LogP contribution is -2.39. The molecule has 0 saturated heterocycles. The molecule has 64 valence electrons. The summed E-state index contributed by atoms with van der Waals surface area (Å²) in [5.74, 6) is -6.28. The molecule has 0 heterocycles. The fourth-order valence-electron chi connectivity index (χ4n) is 0.765. The lowest BCUT2D eigenvalue weighted by molar-refractivity contribution is -0.331. The van der Waals surface area contributed by atoms with Gasteiger partial charge in [-0.3, -0.25) is 0 Å². The third-order valence-electron chi connectivity index (χ3n) is 1.39. The molecule has 0 aliphatic rings. The van der Waals surface area contributed by atoms with Gasteiger partial charge in [0.15, 0.2) is 0 Å². The van der Waals surface area contributed by atoms with Gasteiger partial charge in [0.05, 0.1) is 0 Å². The van der Waals surface area contributed by atoms with Gasteiger partial charge in [0, 0.05) is 5.56 Å². The van der Waals surface area contributed by atoms with Crippen molar-refractivity contribution in [2.45, 2.75) is 5.92 Å². The standard InChI is InChI=1S/C8H6F2O2/c9-8(10,7(11)12)6-4-2-1-3-5-6/h1-5H,(H,11,12)/p-1. The smallest absolute Gasteiger partial charge is 0.312 e. The van der Waals surface area contributed by atoms with E-state index in [1.54, 1.807) is 0 Å². The molecule has 12 heavy (non-hydrogen) atoms. The summed E-state index contributed by atoms with van der Waals surface area (Å²) in [6.45, 7) is 0. The van der Waals surface area contributed by atoms with E-state index in [1.807, 2.05) is 0 Å². The molecule has 0 spiro atoms. The second-order valence-corrected chi connectivity index (χ2v) is 2.23. The van der Waals surface area contributed by atoms with E-state index in [4.69, 9.17) is 0 Å². The fraction of sp³-hybridized carbons (Fsp3) is 0.125. The number of aliphatic carboxylic acids is 1. The van der Waals surface area contributed by atoms with E-state index in [9.17, 15) is 18.7 Å². The summed E-state index contributed by atoms with van der Waals surface area (Å²) >= 11 is 0. The molecule has 0 saturated carbocycles. The molecule has 0 amide bonds. The van der Waals surface area contributed by atoms with Crippen molar-refractivity contribution in [1.82, 2.24) is 0 Å². The average molecular weight is 171 g/mol. The first-order valence-corrected chi connectivity index (χ1v) is 3.20. The van der Waals surface area contributed by atoms with Crippen LogP contribution in [0.1, 0.15) is 5.56 Å². The Morgan fingerprint density at radius 1 is 1.25 bits per heavy atom. The molecule has 2 nitrogen and oxygen atoms in total. The molecule has 0 aliphatic carbocycles. The van der Waals surface area contributed by atoms with Crippen molar-refractivity contribution in [2.75, 3.05) is 0 Å². The largest absolute Gasteiger partial charge is 0.544 e. The highest BCUT2D eigenvalue weighted by Crippen LogP contribution is 2.26. The van der Waals surface area contributed by atoms with Crippen molar-refractivity contribution in [3.05, 3.63) is 35.9 Å². The van der Waals surface area contributed by atoms with E-state index < -0.39 is 17.5 Å². The van der Waals surface area contributed by atoms with Crippen LogP contribution in [-0.4, -0.2) is 5.97 Å². The van der Waals surface area contributed by atoms with Crippen LogP contribution in [0.15, 0.2) is 30.3 Å². The Kier molecular flexibility index (Phi) is 2.08. The average Bonchev–Trinajstić information content (AvgIpc) is 2.06. The summed E-state index contributed by atoms with van der Waals surface area (Å²) < 4.78 is 25.2. The van der Waals surface area contributed by atoms with Crippen LogP contribution in [0.5, 0.6) is 0 Å². The summed E-state index contributed by atoms with van der Waals surface area (Å²) in [4.78, 5) is 9.96. The van der Waals surface area contributed by atoms with E-state index in [0.717, 1.165) is 12.1 Å². The molecule has 0 unspecified atom stereocenters. The monoisotopic (exact) mass is 171 g/mol. The molecule has 0 N–H and O–H groups in total. The molecule has 0 fully saturated rings. The second-order valence-electron chi connectivity index (χ2n) is 2.23. The molecule has 0 radical (unpaired) electrons. The van der Waals surface area contributed by atoms with Crippen molar-refractivity contribution in [3.8, 4) is 0 Å². The molecular weight excluding hydrogens is 166 g/mol. The Hall–Kier alpha value is -1.45. The number of carbonyl (C=O) groups is 1. The molecule has 1 rings (SSSR count). The molecule has 0 bridgehead atoms. The van der Waals surface area contributed by atoms with Crippen LogP contribution >= 0.6 is 0 Å². The number of alkyl halides is 2. The number of halogens is 2. The first-order valence-electron chi connectivity index (χ1n) is 3.20. The highest BCUT2D eigenvalue weighted by molar-refractivity contribution is 5.75. The van der Waals surface area contributed by atoms with Crippen molar-refractivity contribution >= 4 is 5.97 Å². The van der Waals surface area contributed by atoms with Crippen LogP contribution < -0.4 is 5.11 Å². The normalized spacial score (nSPS) is 11.2. The summed E-state index contributed by atoms with van der Waals surface area (Å²) in [7, 11) is 0. The first-order chi connectivity index (χ1) is 5.55. The molecule has 0 atom stereocenters. The Morgan fingerprint density at radius 2 is 1.75 bits per heavy atom. The van der Waals surface area contributed by atoms with Gasteiger partial charge in [-0.25, -0.2) is 0 Å². The first kappa shape index (κ1) is 8.64. The second kappa shape index (κ2) is 2.89. The van der Waals surface area contributed by atoms with Gasteiger partial charge < -0.3 is 9.90 Å². The van der Waals surface area contributed by atoms with Crippen molar-refractivity contribution in [2.24, 2.45) is 0 Å². The number of carboxylic acids is 1. The van der Waals surface area contributed by atoms with E-state index in [-0.39, 0.29) is 0 Å². The summed E-state index contributed by atoms with van der Waals surface area (Å²) in [5.41, 5.74) is -0.565. The van der Waals surface area contributed by atoms with E-state index in [2.05, 4.69) is 0 Å². The molecule has 0 aromatic heterocycles. The lowest BCUT2D eigenvalue weighted by atomic mass is 10.1. The van der Waals surface area contributed by atoms with Crippen LogP contribution in [0.25, 0.3) is 0 Å². The summed E-state index contributed by atoms with van der Waals surface area (Å²) in [6, 6.07) is 6.28.